The van der Waals surface area contributed by atoms with Crippen molar-refractivity contribution in [3.05, 3.63) is 95.8 Å². The smallest absolute Gasteiger partial charge is 0.303 e. The van der Waals surface area contributed by atoms with Gasteiger partial charge in [0.2, 0.25) is 0 Å². The Morgan fingerprint density at radius 2 is 1.81 bits per heavy atom. The van der Waals surface area contributed by atoms with Gasteiger partial charge >= 0.3 is 5.97 Å². The largest absolute Gasteiger partial charge is 0.497 e. The number of rotatable bonds is 9. The number of nitrogens with zero attached hydrogens (tertiary/aromatic N) is 1. The summed E-state index contributed by atoms with van der Waals surface area (Å²) >= 11 is 0. The van der Waals surface area contributed by atoms with E-state index in [9.17, 15) is 9.59 Å². The second-order valence-electron chi connectivity index (χ2n) is 6.91. The van der Waals surface area contributed by atoms with Crippen molar-refractivity contribution in [2.24, 2.45) is 0 Å². The first kappa shape index (κ1) is 21.8. The third-order valence-corrected chi connectivity index (χ3v) is 4.70. The fraction of sp³-hybridized carbons (Fsp3) is 0.160. The van der Waals surface area contributed by atoms with Gasteiger partial charge in [0.1, 0.15) is 5.75 Å². The molecule has 0 fully saturated rings. The summed E-state index contributed by atoms with van der Waals surface area (Å²) in [5.74, 6) is -0.333. The van der Waals surface area contributed by atoms with Gasteiger partial charge in [0.05, 0.1) is 7.11 Å². The second-order valence-corrected chi connectivity index (χ2v) is 6.91. The van der Waals surface area contributed by atoms with E-state index >= 15 is 0 Å². The third-order valence-electron chi connectivity index (χ3n) is 4.70. The number of nitrogens with one attached hydrogen (secondary N) is 1. The number of hydrogen-bond donors (Lipinski definition) is 2. The zero-order valence-corrected chi connectivity index (χ0v) is 17.2. The Balaban J connectivity index is 1.82. The van der Waals surface area contributed by atoms with Crippen LogP contribution in [0.3, 0.4) is 0 Å². The quantitative estimate of drug-likeness (QED) is 0.478. The molecule has 0 radical (unpaired) electrons. The molecule has 0 unspecified atom stereocenters. The summed E-state index contributed by atoms with van der Waals surface area (Å²) in [6.45, 7) is 0. The number of benzene rings is 2. The highest BCUT2D eigenvalue weighted by molar-refractivity contribution is 6.04. The third kappa shape index (κ3) is 6.27. The Labute approximate surface area is 181 Å². The van der Waals surface area contributed by atoms with Crippen molar-refractivity contribution in [1.82, 2.24) is 4.98 Å². The van der Waals surface area contributed by atoms with Gasteiger partial charge in [0, 0.05) is 35.6 Å². The van der Waals surface area contributed by atoms with Gasteiger partial charge in [-0.1, -0.05) is 24.3 Å². The van der Waals surface area contributed by atoms with E-state index in [0.29, 0.717) is 29.8 Å². The number of pyridine rings is 1. The molecule has 6 heteroatoms. The molecule has 2 N–H and O–H groups in total. The van der Waals surface area contributed by atoms with Crippen LogP contribution in [-0.4, -0.2) is 29.1 Å². The first-order chi connectivity index (χ1) is 15.1. The lowest BCUT2D eigenvalue weighted by Gasteiger charge is -2.12. The van der Waals surface area contributed by atoms with Crippen LogP contribution in [-0.2, 0) is 4.79 Å². The minimum atomic E-state index is -0.806. The summed E-state index contributed by atoms with van der Waals surface area (Å²) in [5.41, 5.74) is 3.98. The Morgan fingerprint density at radius 3 is 2.48 bits per heavy atom. The number of unbranched alkanes of at least 4 members (excludes halogenated alkanes) is 1. The number of carboxylic acid groups (broad SMARTS) is 1. The lowest BCUT2D eigenvalue weighted by Crippen LogP contribution is -2.11. The van der Waals surface area contributed by atoms with Crippen molar-refractivity contribution < 1.29 is 19.4 Å². The van der Waals surface area contributed by atoms with E-state index < -0.39 is 5.97 Å². The van der Waals surface area contributed by atoms with Crippen LogP contribution in [0.1, 0.15) is 40.7 Å². The summed E-state index contributed by atoms with van der Waals surface area (Å²) < 4.78 is 5.13. The minimum absolute atomic E-state index is 0.120. The molecular weight excluding hydrogens is 392 g/mol. The van der Waals surface area contributed by atoms with Gasteiger partial charge in [-0.15, -0.1) is 0 Å². The van der Waals surface area contributed by atoms with E-state index in [0.717, 1.165) is 16.7 Å². The van der Waals surface area contributed by atoms with Gasteiger partial charge < -0.3 is 15.2 Å². The van der Waals surface area contributed by atoms with Crippen LogP contribution >= 0.6 is 0 Å². The maximum Gasteiger partial charge on any atom is 0.303 e. The molecule has 0 spiro atoms. The van der Waals surface area contributed by atoms with Gasteiger partial charge in [-0.25, -0.2) is 0 Å². The molecule has 2 aromatic carbocycles. The molecule has 1 amide bonds. The van der Waals surface area contributed by atoms with Gasteiger partial charge in [-0.05, 0) is 66.4 Å². The fourth-order valence-electron chi connectivity index (χ4n) is 3.13. The number of allylic oxidation sites excluding steroid dienone is 1. The summed E-state index contributed by atoms with van der Waals surface area (Å²) in [7, 11) is 1.58. The Morgan fingerprint density at radius 1 is 1.03 bits per heavy atom. The summed E-state index contributed by atoms with van der Waals surface area (Å²) in [4.78, 5) is 27.6. The van der Waals surface area contributed by atoms with Crippen LogP contribution in [0.4, 0.5) is 5.69 Å². The number of hydrogen-bond acceptors (Lipinski definition) is 4. The van der Waals surface area contributed by atoms with Crippen LogP contribution in [0.25, 0.3) is 5.57 Å². The predicted molar refractivity (Wildman–Crippen MR) is 120 cm³/mol. The molecule has 0 aliphatic heterocycles. The molecule has 31 heavy (non-hydrogen) atoms. The average molecular weight is 416 g/mol. The topological polar surface area (TPSA) is 88.5 Å². The van der Waals surface area contributed by atoms with Crippen LogP contribution in [0.2, 0.25) is 0 Å². The summed E-state index contributed by atoms with van der Waals surface area (Å²) in [5, 5.41) is 11.8. The van der Waals surface area contributed by atoms with Gasteiger partial charge in [-0.2, -0.15) is 0 Å². The van der Waals surface area contributed by atoms with Crippen molar-refractivity contribution in [1.29, 1.82) is 0 Å². The van der Waals surface area contributed by atoms with E-state index in [1.807, 2.05) is 42.5 Å². The molecule has 3 rings (SSSR count). The molecule has 0 saturated heterocycles. The average Bonchev–Trinajstić information content (AvgIpc) is 2.79. The molecule has 1 heterocycles. The number of carboxylic acids is 1. The zero-order chi connectivity index (χ0) is 22.1. The Bertz CT molecular complexity index is 1060. The van der Waals surface area contributed by atoms with Crippen molar-refractivity contribution in [3.63, 3.8) is 0 Å². The van der Waals surface area contributed by atoms with E-state index in [1.165, 1.54) is 0 Å². The van der Waals surface area contributed by atoms with Gasteiger partial charge in [0.15, 0.2) is 0 Å². The highest BCUT2D eigenvalue weighted by atomic mass is 16.5. The molecule has 0 saturated carbocycles. The van der Waals surface area contributed by atoms with E-state index in [2.05, 4.69) is 10.3 Å². The fourth-order valence-corrected chi connectivity index (χ4v) is 3.13. The Kier molecular flexibility index (Phi) is 7.54. The number of aliphatic carboxylic acids is 1. The van der Waals surface area contributed by atoms with Gasteiger partial charge in [0.25, 0.3) is 5.91 Å². The number of anilines is 1. The number of carbonyl (C=O) groups excluding carboxylic acids is 1. The van der Waals surface area contributed by atoms with Crippen LogP contribution in [0.5, 0.6) is 5.75 Å². The van der Waals surface area contributed by atoms with Crippen LogP contribution in [0, 0.1) is 0 Å². The van der Waals surface area contributed by atoms with Crippen molar-refractivity contribution in [2.75, 3.05) is 12.4 Å². The molecule has 0 atom stereocenters. The number of aromatic nitrogens is 1. The summed E-state index contributed by atoms with van der Waals surface area (Å²) in [6.07, 6.45) is 6.79. The molecule has 0 aliphatic rings. The molecule has 158 valence electrons. The van der Waals surface area contributed by atoms with Crippen molar-refractivity contribution >= 4 is 23.1 Å². The number of methoxy groups -OCH3 is 1. The monoisotopic (exact) mass is 416 g/mol. The first-order valence-corrected chi connectivity index (χ1v) is 9.95. The summed E-state index contributed by atoms with van der Waals surface area (Å²) in [6, 6.07) is 18.3. The molecular formula is C25H24N2O4. The van der Waals surface area contributed by atoms with Gasteiger partial charge in [-0.3, -0.25) is 14.6 Å². The molecule has 6 nitrogen and oxygen atoms in total. The van der Waals surface area contributed by atoms with Crippen LogP contribution < -0.4 is 10.1 Å². The maximum atomic E-state index is 12.6. The van der Waals surface area contributed by atoms with E-state index in [1.54, 1.807) is 43.8 Å². The zero-order valence-electron chi connectivity index (χ0n) is 17.2. The molecule has 1 aromatic heterocycles. The molecule has 0 aliphatic carbocycles. The van der Waals surface area contributed by atoms with E-state index in [-0.39, 0.29) is 12.3 Å². The van der Waals surface area contributed by atoms with Crippen molar-refractivity contribution in [2.45, 2.75) is 19.3 Å². The Hall–Kier alpha value is -3.93. The number of carbonyl (C=O) groups is 2. The second kappa shape index (κ2) is 10.7. The van der Waals surface area contributed by atoms with Crippen molar-refractivity contribution in [3.8, 4) is 5.75 Å². The highest BCUT2D eigenvalue weighted by Gasteiger charge is 2.10. The predicted octanol–water partition coefficient (Wildman–Crippen LogP) is 5.03. The van der Waals surface area contributed by atoms with Crippen LogP contribution in [0.15, 0.2) is 79.1 Å². The number of ether oxygens (including phenoxy) is 1. The normalized spacial score (nSPS) is 11.1. The maximum absolute atomic E-state index is 12.6. The lowest BCUT2D eigenvalue weighted by molar-refractivity contribution is -0.137. The number of amides is 1. The molecule has 3 aromatic rings. The van der Waals surface area contributed by atoms with E-state index in [4.69, 9.17) is 9.84 Å². The lowest BCUT2D eigenvalue weighted by atomic mass is 9.97. The highest BCUT2D eigenvalue weighted by Crippen LogP contribution is 2.26. The SMILES string of the molecule is COc1ccc(C(=O)Nc2cccc(C(=CCCCC(=O)O)c3cccnc3)c2)cc1. The standard InChI is InChI=1S/C25H24N2O4/c1-31-22-13-11-18(12-14-22)25(30)27-21-8-4-6-19(16-21)23(9-2-3-10-24(28)29)20-7-5-15-26-17-20/h4-9,11-17H,2-3,10H2,1H3,(H,27,30)(H,28,29). The minimum Gasteiger partial charge on any atom is -0.497 e. The first-order valence-electron chi connectivity index (χ1n) is 9.95. The molecule has 0 bridgehead atoms.